The van der Waals surface area contributed by atoms with E-state index in [0.717, 1.165) is 0 Å². The Morgan fingerprint density at radius 3 is 2.56 bits per heavy atom. The van der Waals surface area contributed by atoms with Crippen molar-refractivity contribution in [3.63, 3.8) is 0 Å². The average molecular weight is 243 g/mol. The average Bonchev–Trinajstić information content (AvgIpc) is 2.87. The normalized spacial score (nSPS) is 12.9. The molecule has 0 saturated carbocycles. The van der Waals surface area contributed by atoms with Crippen molar-refractivity contribution in [2.45, 2.75) is 32.9 Å². The van der Waals surface area contributed by atoms with Gasteiger partial charge in [-0.1, -0.05) is 24.3 Å². The SMILES string of the molecule is CNC(C)c1ccccc1-c1cncn1C(C)C. The van der Waals surface area contributed by atoms with Crippen molar-refractivity contribution in [1.29, 1.82) is 0 Å². The second-order valence-corrected chi connectivity index (χ2v) is 4.88. The van der Waals surface area contributed by atoms with Crippen LogP contribution in [0.5, 0.6) is 0 Å². The lowest BCUT2D eigenvalue weighted by Gasteiger charge is -2.18. The third-order valence-electron chi connectivity index (χ3n) is 3.36. The fourth-order valence-corrected chi connectivity index (χ4v) is 2.19. The van der Waals surface area contributed by atoms with Gasteiger partial charge in [0.2, 0.25) is 0 Å². The molecule has 0 aliphatic rings. The van der Waals surface area contributed by atoms with E-state index in [9.17, 15) is 0 Å². The van der Waals surface area contributed by atoms with Crippen molar-refractivity contribution in [1.82, 2.24) is 14.9 Å². The second kappa shape index (κ2) is 5.36. The van der Waals surface area contributed by atoms with E-state index in [0.29, 0.717) is 12.1 Å². The highest BCUT2D eigenvalue weighted by atomic mass is 15.1. The van der Waals surface area contributed by atoms with E-state index < -0.39 is 0 Å². The van der Waals surface area contributed by atoms with Crippen LogP contribution < -0.4 is 5.32 Å². The zero-order chi connectivity index (χ0) is 13.1. The van der Waals surface area contributed by atoms with E-state index in [1.165, 1.54) is 16.8 Å². The molecule has 1 heterocycles. The molecule has 1 atom stereocenters. The Balaban J connectivity index is 2.53. The summed E-state index contributed by atoms with van der Waals surface area (Å²) in [5.41, 5.74) is 3.75. The lowest BCUT2D eigenvalue weighted by Crippen LogP contribution is -2.14. The molecule has 1 aromatic heterocycles. The van der Waals surface area contributed by atoms with Crippen LogP contribution in [-0.2, 0) is 0 Å². The molecule has 1 N–H and O–H groups in total. The van der Waals surface area contributed by atoms with Crippen LogP contribution in [0.15, 0.2) is 36.8 Å². The first-order chi connectivity index (χ1) is 8.65. The zero-order valence-electron chi connectivity index (χ0n) is 11.5. The molecule has 0 radical (unpaired) electrons. The molecular formula is C15H21N3. The Kier molecular flexibility index (Phi) is 3.82. The van der Waals surface area contributed by atoms with Gasteiger partial charge in [-0.3, -0.25) is 0 Å². The number of hydrogen-bond acceptors (Lipinski definition) is 2. The Hall–Kier alpha value is -1.61. The Morgan fingerprint density at radius 2 is 1.89 bits per heavy atom. The molecule has 0 spiro atoms. The zero-order valence-corrected chi connectivity index (χ0v) is 11.5. The maximum absolute atomic E-state index is 4.29. The van der Waals surface area contributed by atoms with Gasteiger partial charge >= 0.3 is 0 Å². The van der Waals surface area contributed by atoms with E-state index >= 15 is 0 Å². The van der Waals surface area contributed by atoms with Crippen molar-refractivity contribution in [3.8, 4) is 11.3 Å². The highest BCUT2D eigenvalue weighted by molar-refractivity contribution is 5.64. The molecule has 0 saturated heterocycles. The van der Waals surface area contributed by atoms with Crippen LogP contribution in [0.1, 0.15) is 38.4 Å². The molecule has 1 unspecified atom stereocenters. The Morgan fingerprint density at radius 1 is 1.17 bits per heavy atom. The third-order valence-corrected chi connectivity index (χ3v) is 3.36. The van der Waals surface area contributed by atoms with Crippen LogP contribution in [-0.4, -0.2) is 16.6 Å². The Bertz CT molecular complexity index is 514. The van der Waals surface area contributed by atoms with Gasteiger partial charge in [0.25, 0.3) is 0 Å². The smallest absolute Gasteiger partial charge is 0.0953 e. The predicted molar refractivity (Wildman–Crippen MR) is 75.5 cm³/mol. The van der Waals surface area contributed by atoms with Crippen LogP contribution in [0.3, 0.4) is 0 Å². The summed E-state index contributed by atoms with van der Waals surface area (Å²) >= 11 is 0. The van der Waals surface area contributed by atoms with E-state index in [2.05, 4.69) is 59.9 Å². The first kappa shape index (κ1) is 12.8. The van der Waals surface area contributed by atoms with Gasteiger partial charge in [-0.05, 0) is 33.4 Å². The van der Waals surface area contributed by atoms with Gasteiger partial charge in [0.05, 0.1) is 18.2 Å². The summed E-state index contributed by atoms with van der Waals surface area (Å²) in [6.45, 7) is 6.53. The lowest BCUT2D eigenvalue weighted by atomic mass is 9.99. The first-order valence-electron chi connectivity index (χ1n) is 6.43. The number of benzene rings is 1. The topological polar surface area (TPSA) is 29.9 Å². The van der Waals surface area contributed by atoms with Gasteiger partial charge in [0.1, 0.15) is 0 Å². The third kappa shape index (κ3) is 2.31. The molecule has 2 aromatic rings. The molecular weight excluding hydrogens is 222 g/mol. The quantitative estimate of drug-likeness (QED) is 0.891. The van der Waals surface area contributed by atoms with Crippen LogP contribution in [0.2, 0.25) is 0 Å². The summed E-state index contributed by atoms with van der Waals surface area (Å²) in [6, 6.07) is 9.26. The molecule has 2 rings (SSSR count). The molecule has 0 aliphatic heterocycles. The van der Waals surface area contributed by atoms with Crippen molar-refractivity contribution < 1.29 is 0 Å². The maximum Gasteiger partial charge on any atom is 0.0953 e. The second-order valence-electron chi connectivity index (χ2n) is 4.88. The van der Waals surface area contributed by atoms with E-state index in [4.69, 9.17) is 0 Å². The summed E-state index contributed by atoms with van der Waals surface area (Å²) in [5, 5.41) is 3.30. The summed E-state index contributed by atoms with van der Waals surface area (Å²) in [7, 11) is 1.99. The minimum Gasteiger partial charge on any atom is -0.328 e. The lowest BCUT2D eigenvalue weighted by molar-refractivity contribution is 0.603. The summed E-state index contributed by atoms with van der Waals surface area (Å²) in [4.78, 5) is 4.29. The van der Waals surface area contributed by atoms with Crippen molar-refractivity contribution in [2.24, 2.45) is 0 Å². The van der Waals surface area contributed by atoms with Crippen molar-refractivity contribution >= 4 is 0 Å². The molecule has 3 nitrogen and oxygen atoms in total. The molecule has 1 aromatic carbocycles. The fraction of sp³-hybridized carbons (Fsp3) is 0.400. The van der Waals surface area contributed by atoms with Gasteiger partial charge in [-0.2, -0.15) is 0 Å². The summed E-state index contributed by atoms with van der Waals surface area (Å²) < 4.78 is 2.21. The van der Waals surface area contributed by atoms with Gasteiger partial charge < -0.3 is 9.88 Å². The van der Waals surface area contributed by atoms with Gasteiger partial charge in [0, 0.05) is 17.6 Å². The minimum atomic E-state index is 0.330. The Labute approximate surface area is 109 Å². The van der Waals surface area contributed by atoms with Crippen molar-refractivity contribution in [2.75, 3.05) is 7.05 Å². The number of nitrogens with zero attached hydrogens (tertiary/aromatic N) is 2. The molecule has 96 valence electrons. The molecule has 0 fully saturated rings. The molecule has 18 heavy (non-hydrogen) atoms. The fourth-order valence-electron chi connectivity index (χ4n) is 2.19. The standard InChI is InChI=1S/C15H21N3/c1-11(2)18-10-17-9-15(18)14-8-6-5-7-13(14)12(3)16-4/h5-12,16H,1-4H3. The number of imidazole rings is 1. The maximum atomic E-state index is 4.29. The number of hydrogen-bond donors (Lipinski definition) is 1. The summed E-state index contributed by atoms with van der Waals surface area (Å²) in [6.07, 6.45) is 3.85. The van der Waals surface area contributed by atoms with Gasteiger partial charge in [0.15, 0.2) is 0 Å². The largest absolute Gasteiger partial charge is 0.328 e. The van der Waals surface area contributed by atoms with E-state index in [1.54, 1.807) is 0 Å². The van der Waals surface area contributed by atoms with Crippen LogP contribution in [0.25, 0.3) is 11.3 Å². The summed E-state index contributed by atoms with van der Waals surface area (Å²) in [5.74, 6) is 0. The van der Waals surface area contributed by atoms with Crippen LogP contribution >= 0.6 is 0 Å². The molecule has 3 heteroatoms. The molecule has 0 bridgehead atoms. The van der Waals surface area contributed by atoms with E-state index in [-0.39, 0.29) is 0 Å². The van der Waals surface area contributed by atoms with Crippen molar-refractivity contribution in [3.05, 3.63) is 42.4 Å². The van der Waals surface area contributed by atoms with Gasteiger partial charge in [-0.15, -0.1) is 0 Å². The first-order valence-corrected chi connectivity index (χ1v) is 6.43. The molecule has 0 aliphatic carbocycles. The number of aromatic nitrogens is 2. The minimum absolute atomic E-state index is 0.330. The highest BCUT2D eigenvalue weighted by Crippen LogP contribution is 2.29. The highest BCUT2D eigenvalue weighted by Gasteiger charge is 2.14. The van der Waals surface area contributed by atoms with Crippen LogP contribution in [0.4, 0.5) is 0 Å². The van der Waals surface area contributed by atoms with Gasteiger partial charge in [-0.25, -0.2) is 4.98 Å². The monoisotopic (exact) mass is 243 g/mol. The van der Waals surface area contributed by atoms with E-state index in [1.807, 2.05) is 19.6 Å². The number of rotatable bonds is 4. The molecule has 0 amide bonds. The number of nitrogens with one attached hydrogen (secondary N) is 1. The van der Waals surface area contributed by atoms with Crippen LogP contribution in [0, 0.1) is 0 Å². The predicted octanol–water partition coefficient (Wildman–Crippen LogP) is 3.41.